The highest BCUT2D eigenvalue weighted by Crippen LogP contribution is 2.38. The summed E-state index contributed by atoms with van der Waals surface area (Å²) in [6.07, 6.45) is -0.0324. The summed E-state index contributed by atoms with van der Waals surface area (Å²) in [5.74, 6) is 1.38. The van der Waals surface area contributed by atoms with Gasteiger partial charge in [-0.15, -0.1) is 11.3 Å². The monoisotopic (exact) mass is 489 g/mol. The first-order valence-electron chi connectivity index (χ1n) is 11.3. The van der Waals surface area contributed by atoms with E-state index >= 15 is 0 Å². The van der Waals surface area contributed by atoms with E-state index in [1.165, 1.54) is 32.7 Å². The molecule has 34 heavy (non-hydrogen) atoms. The summed E-state index contributed by atoms with van der Waals surface area (Å²) >= 11 is 1.47. The highest BCUT2D eigenvalue weighted by molar-refractivity contribution is 7.12. The molecule has 2 fully saturated rings. The average molecular weight is 490 g/mol. The fourth-order valence-electron chi connectivity index (χ4n) is 4.38. The maximum absolute atomic E-state index is 13.2. The third-order valence-corrected chi connectivity index (χ3v) is 7.05. The number of amides is 2. The highest BCUT2D eigenvalue weighted by Gasteiger charge is 2.29. The van der Waals surface area contributed by atoms with Gasteiger partial charge in [0.05, 0.1) is 38.9 Å². The summed E-state index contributed by atoms with van der Waals surface area (Å²) in [5.41, 5.74) is 0.501. The van der Waals surface area contributed by atoms with E-state index in [0.717, 1.165) is 24.5 Å². The van der Waals surface area contributed by atoms with Crippen LogP contribution in [0.3, 0.4) is 0 Å². The first-order chi connectivity index (χ1) is 16.5. The van der Waals surface area contributed by atoms with E-state index in [2.05, 4.69) is 4.90 Å². The van der Waals surface area contributed by atoms with Gasteiger partial charge in [0.1, 0.15) is 0 Å². The number of piperazine rings is 1. The molecule has 1 aromatic heterocycles. The number of ether oxygens (including phenoxy) is 4. The van der Waals surface area contributed by atoms with Crippen LogP contribution in [0.15, 0.2) is 29.6 Å². The normalized spacial score (nSPS) is 19.1. The van der Waals surface area contributed by atoms with E-state index in [1.807, 2.05) is 27.3 Å². The van der Waals surface area contributed by atoms with Crippen molar-refractivity contribution < 1.29 is 28.5 Å². The number of carbonyl (C=O) groups is 2. The van der Waals surface area contributed by atoms with Crippen LogP contribution in [0, 0.1) is 0 Å². The summed E-state index contributed by atoms with van der Waals surface area (Å²) in [5, 5.41) is 1.92. The third kappa shape index (κ3) is 5.29. The van der Waals surface area contributed by atoms with Crippen LogP contribution in [0.25, 0.3) is 0 Å². The fraction of sp³-hybridized carbons (Fsp3) is 0.500. The minimum Gasteiger partial charge on any atom is -0.493 e. The van der Waals surface area contributed by atoms with Gasteiger partial charge in [-0.3, -0.25) is 14.5 Å². The zero-order valence-corrected chi connectivity index (χ0v) is 20.6. The van der Waals surface area contributed by atoms with Crippen LogP contribution < -0.4 is 14.2 Å². The zero-order valence-electron chi connectivity index (χ0n) is 19.8. The van der Waals surface area contributed by atoms with Crippen molar-refractivity contribution in [3.05, 3.63) is 40.1 Å². The topological polar surface area (TPSA) is 80.8 Å². The van der Waals surface area contributed by atoms with E-state index in [1.54, 1.807) is 12.1 Å². The molecule has 2 saturated heterocycles. The highest BCUT2D eigenvalue weighted by atomic mass is 32.1. The van der Waals surface area contributed by atoms with E-state index in [0.29, 0.717) is 55.6 Å². The number of methoxy groups -OCH3 is 3. The Bertz CT molecular complexity index is 966. The minimum absolute atomic E-state index is 0.0324. The van der Waals surface area contributed by atoms with Gasteiger partial charge in [0.25, 0.3) is 11.8 Å². The summed E-state index contributed by atoms with van der Waals surface area (Å²) < 4.78 is 22.1. The Morgan fingerprint density at radius 3 is 2.26 bits per heavy atom. The lowest BCUT2D eigenvalue weighted by molar-refractivity contribution is -0.0398. The lowest BCUT2D eigenvalue weighted by Crippen LogP contribution is -2.54. The SMILES string of the molecule is COc1cc(C(=O)N2CCN(CC3CN(C(=O)c4cccs4)CCO3)CC2)cc(OC)c1OC. The van der Waals surface area contributed by atoms with Crippen LogP contribution in [0.1, 0.15) is 20.0 Å². The van der Waals surface area contributed by atoms with Crippen LogP contribution in [-0.2, 0) is 4.74 Å². The first-order valence-corrected chi connectivity index (χ1v) is 12.2. The standard InChI is InChI=1S/C24H31N3O6S/c1-30-19-13-17(14-20(31-2)22(19)32-3)23(28)26-8-6-25(7-9-26)15-18-16-27(10-11-33-18)24(29)21-5-4-12-34-21/h4-5,12-14,18H,6-11,15-16H2,1-3H3. The number of rotatable bonds is 7. The maximum Gasteiger partial charge on any atom is 0.264 e. The molecule has 10 heteroatoms. The van der Waals surface area contributed by atoms with Gasteiger partial charge >= 0.3 is 0 Å². The number of hydrogen-bond donors (Lipinski definition) is 0. The van der Waals surface area contributed by atoms with Crippen molar-refractivity contribution >= 4 is 23.2 Å². The molecule has 2 aliphatic rings. The number of hydrogen-bond acceptors (Lipinski definition) is 8. The van der Waals surface area contributed by atoms with Gasteiger partial charge in [-0.2, -0.15) is 0 Å². The van der Waals surface area contributed by atoms with Crippen molar-refractivity contribution in [3.8, 4) is 17.2 Å². The molecule has 0 radical (unpaired) electrons. The summed E-state index contributed by atoms with van der Waals surface area (Å²) in [6.45, 7) is 5.19. The molecule has 0 spiro atoms. The Hall–Kier alpha value is -2.82. The number of thiophene rings is 1. The quantitative estimate of drug-likeness (QED) is 0.589. The van der Waals surface area contributed by atoms with Crippen molar-refractivity contribution in [1.82, 2.24) is 14.7 Å². The fourth-order valence-corrected chi connectivity index (χ4v) is 5.07. The number of nitrogens with zero attached hydrogens (tertiary/aromatic N) is 3. The molecule has 2 amide bonds. The largest absolute Gasteiger partial charge is 0.493 e. The van der Waals surface area contributed by atoms with Crippen molar-refractivity contribution in [2.24, 2.45) is 0 Å². The molecule has 9 nitrogen and oxygen atoms in total. The summed E-state index contributed by atoms with van der Waals surface area (Å²) in [6, 6.07) is 7.13. The number of benzene rings is 1. The van der Waals surface area contributed by atoms with Gasteiger partial charge in [-0.05, 0) is 23.6 Å². The first kappa shape index (κ1) is 24.3. The second-order valence-corrected chi connectivity index (χ2v) is 9.18. The van der Waals surface area contributed by atoms with E-state index in [9.17, 15) is 9.59 Å². The molecule has 1 atom stereocenters. The molecule has 2 aromatic rings. The number of carbonyl (C=O) groups excluding carboxylic acids is 2. The van der Waals surface area contributed by atoms with E-state index in [-0.39, 0.29) is 17.9 Å². The molecule has 1 unspecified atom stereocenters. The van der Waals surface area contributed by atoms with E-state index < -0.39 is 0 Å². The Morgan fingerprint density at radius 2 is 1.68 bits per heavy atom. The third-order valence-electron chi connectivity index (χ3n) is 6.19. The van der Waals surface area contributed by atoms with E-state index in [4.69, 9.17) is 18.9 Å². The average Bonchev–Trinajstić information content (AvgIpc) is 3.42. The predicted molar refractivity (Wildman–Crippen MR) is 128 cm³/mol. The lowest BCUT2D eigenvalue weighted by atomic mass is 10.1. The molecular formula is C24H31N3O6S. The van der Waals surface area contributed by atoms with Crippen LogP contribution in [0.2, 0.25) is 0 Å². The zero-order chi connectivity index (χ0) is 24.1. The lowest BCUT2D eigenvalue weighted by Gasteiger charge is -2.39. The molecule has 184 valence electrons. The van der Waals surface area contributed by atoms with Gasteiger partial charge in [0.2, 0.25) is 5.75 Å². The molecule has 0 bridgehead atoms. The second kappa shape index (κ2) is 11.1. The van der Waals surface area contributed by atoms with Gasteiger partial charge in [-0.25, -0.2) is 0 Å². The Kier molecular flexibility index (Phi) is 7.91. The minimum atomic E-state index is -0.0689. The van der Waals surface area contributed by atoms with Crippen LogP contribution >= 0.6 is 11.3 Å². The van der Waals surface area contributed by atoms with Crippen LogP contribution in [-0.4, -0.2) is 106 Å². The van der Waals surface area contributed by atoms with Crippen molar-refractivity contribution in [1.29, 1.82) is 0 Å². The maximum atomic E-state index is 13.2. The van der Waals surface area contributed by atoms with Crippen molar-refractivity contribution in [2.75, 3.05) is 73.7 Å². The molecule has 1 aromatic carbocycles. The second-order valence-electron chi connectivity index (χ2n) is 8.23. The van der Waals surface area contributed by atoms with Crippen LogP contribution in [0.4, 0.5) is 0 Å². The Balaban J connectivity index is 1.32. The molecule has 0 aliphatic carbocycles. The summed E-state index contributed by atoms with van der Waals surface area (Å²) in [4.78, 5) is 32.6. The molecular weight excluding hydrogens is 458 g/mol. The predicted octanol–water partition coefficient (Wildman–Crippen LogP) is 2.07. The van der Waals surface area contributed by atoms with Crippen molar-refractivity contribution in [3.63, 3.8) is 0 Å². The van der Waals surface area contributed by atoms with Gasteiger partial charge in [0.15, 0.2) is 11.5 Å². The van der Waals surface area contributed by atoms with Crippen LogP contribution in [0.5, 0.6) is 17.2 Å². The molecule has 0 N–H and O–H groups in total. The van der Waals surface area contributed by atoms with Gasteiger partial charge in [-0.1, -0.05) is 6.07 Å². The molecule has 3 heterocycles. The van der Waals surface area contributed by atoms with Gasteiger partial charge < -0.3 is 28.7 Å². The Labute approximate surface area is 203 Å². The van der Waals surface area contributed by atoms with Gasteiger partial charge in [0, 0.05) is 51.4 Å². The molecule has 2 aliphatic heterocycles. The Morgan fingerprint density at radius 1 is 0.971 bits per heavy atom. The molecule has 0 saturated carbocycles. The van der Waals surface area contributed by atoms with Crippen molar-refractivity contribution in [2.45, 2.75) is 6.10 Å². The smallest absolute Gasteiger partial charge is 0.264 e. The molecule has 4 rings (SSSR count). The number of morpholine rings is 1. The summed E-state index contributed by atoms with van der Waals surface area (Å²) in [7, 11) is 4.61.